The van der Waals surface area contributed by atoms with Gasteiger partial charge in [0.25, 0.3) is 0 Å². The van der Waals surface area contributed by atoms with Crippen LogP contribution in [0.15, 0.2) is 4.99 Å². The minimum Gasteiger partial charge on any atom is -0.376 e. The van der Waals surface area contributed by atoms with Crippen molar-refractivity contribution < 1.29 is 9.47 Å². The van der Waals surface area contributed by atoms with Crippen LogP contribution in [-0.2, 0) is 23.1 Å². The minimum atomic E-state index is 0.306. The van der Waals surface area contributed by atoms with Crippen molar-refractivity contribution in [2.45, 2.75) is 71.1 Å². The Balaban J connectivity index is 1.51. The summed E-state index contributed by atoms with van der Waals surface area (Å²) in [6.07, 6.45) is 7.32. The van der Waals surface area contributed by atoms with Gasteiger partial charge in [-0.05, 0) is 39.0 Å². The number of aromatic nitrogens is 3. The Kier molecular flexibility index (Phi) is 8.09. The molecule has 8 heteroatoms. The summed E-state index contributed by atoms with van der Waals surface area (Å²) >= 11 is 0. The predicted molar refractivity (Wildman–Crippen MR) is 109 cm³/mol. The number of guanidine groups is 1. The number of nitrogens with one attached hydrogen (secondary N) is 1. The third-order valence-electron chi connectivity index (χ3n) is 5.65. The van der Waals surface area contributed by atoms with E-state index in [4.69, 9.17) is 14.5 Å². The van der Waals surface area contributed by atoms with Gasteiger partial charge in [0.15, 0.2) is 11.8 Å². The van der Waals surface area contributed by atoms with Crippen molar-refractivity contribution in [2.24, 2.45) is 12.0 Å². The van der Waals surface area contributed by atoms with Gasteiger partial charge in [0.05, 0.1) is 18.8 Å². The molecular formula is C20H36N6O2. The number of hydrogen-bond acceptors (Lipinski definition) is 5. The highest BCUT2D eigenvalue weighted by Crippen LogP contribution is 2.18. The summed E-state index contributed by atoms with van der Waals surface area (Å²) in [6.45, 7) is 9.22. The molecule has 1 aromatic heterocycles. The lowest BCUT2D eigenvalue weighted by Gasteiger charge is -2.34. The lowest BCUT2D eigenvalue weighted by Crippen LogP contribution is -2.47. The molecule has 8 nitrogen and oxygen atoms in total. The maximum absolute atomic E-state index is 6.11. The highest BCUT2D eigenvalue weighted by molar-refractivity contribution is 5.80. The molecule has 2 aliphatic heterocycles. The van der Waals surface area contributed by atoms with Crippen LogP contribution in [0.2, 0.25) is 0 Å². The molecular weight excluding hydrogens is 356 g/mol. The molecule has 0 aromatic carbocycles. The first-order valence-corrected chi connectivity index (χ1v) is 10.8. The van der Waals surface area contributed by atoms with Gasteiger partial charge in [0.2, 0.25) is 0 Å². The van der Waals surface area contributed by atoms with Crippen molar-refractivity contribution >= 4 is 5.96 Å². The van der Waals surface area contributed by atoms with E-state index in [1.165, 1.54) is 12.8 Å². The number of piperidine rings is 1. The van der Waals surface area contributed by atoms with Crippen molar-refractivity contribution in [3.8, 4) is 0 Å². The molecule has 158 valence electrons. The van der Waals surface area contributed by atoms with Gasteiger partial charge < -0.3 is 24.3 Å². The van der Waals surface area contributed by atoms with Crippen molar-refractivity contribution in [3.63, 3.8) is 0 Å². The smallest absolute Gasteiger partial charge is 0.194 e. The third-order valence-corrected chi connectivity index (χ3v) is 5.65. The molecule has 28 heavy (non-hydrogen) atoms. The topological polar surface area (TPSA) is 76.8 Å². The van der Waals surface area contributed by atoms with Gasteiger partial charge in [-0.25, -0.2) is 4.99 Å². The summed E-state index contributed by atoms with van der Waals surface area (Å²) in [6, 6.07) is 0. The quantitative estimate of drug-likeness (QED) is 0.414. The summed E-state index contributed by atoms with van der Waals surface area (Å²) in [5, 5.41) is 11.9. The van der Waals surface area contributed by atoms with E-state index in [9.17, 15) is 0 Å². The molecule has 1 unspecified atom stereocenters. The zero-order chi connectivity index (χ0) is 19.8. The number of ether oxygens (including phenoxy) is 2. The molecule has 0 amide bonds. The molecule has 3 heterocycles. The van der Waals surface area contributed by atoms with Crippen molar-refractivity contribution in [1.82, 2.24) is 25.0 Å². The van der Waals surface area contributed by atoms with Crippen LogP contribution in [0, 0.1) is 6.92 Å². The molecule has 1 atom stereocenters. The first-order chi connectivity index (χ1) is 13.7. The van der Waals surface area contributed by atoms with E-state index < -0.39 is 0 Å². The second-order valence-corrected chi connectivity index (χ2v) is 7.80. The Morgan fingerprint density at radius 2 is 2.11 bits per heavy atom. The number of rotatable bonds is 8. The van der Waals surface area contributed by atoms with Gasteiger partial charge in [-0.2, -0.15) is 0 Å². The Morgan fingerprint density at radius 1 is 1.29 bits per heavy atom. The van der Waals surface area contributed by atoms with Crippen LogP contribution in [0.5, 0.6) is 0 Å². The third kappa shape index (κ3) is 5.91. The molecule has 2 fully saturated rings. The first-order valence-electron chi connectivity index (χ1n) is 10.8. The summed E-state index contributed by atoms with van der Waals surface area (Å²) in [4.78, 5) is 7.20. The summed E-state index contributed by atoms with van der Waals surface area (Å²) in [5.41, 5.74) is 0. The lowest BCUT2D eigenvalue weighted by molar-refractivity contribution is -0.0367. The molecule has 2 aliphatic rings. The number of likely N-dealkylation sites (tertiary alicyclic amines) is 1. The second kappa shape index (κ2) is 10.8. The van der Waals surface area contributed by atoms with Crippen LogP contribution in [-0.4, -0.2) is 70.7 Å². The standard InChI is InChI=1S/C20H36N6O2/c1-4-5-10-21-20(22-14-19-24-23-16(2)25(19)3)26-11-8-17(9-12-26)28-15-18-7-6-13-27-18/h17-18H,4-15H2,1-3H3,(H,21,22). The van der Waals surface area contributed by atoms with E-state index in [-0.39, 0.29) is 0 Å². The zero-order valence-electron chi connectivity index (χ0n) is 17.7. The van der Waals surface area contributed by atoms with Crippen molar-refractivity contribution in [2.75, 3.05) is 32.8 Å². The summed E-state index contributed by atoms with van der Waals surface area (Å²) in [5.74, 6) is 2.78. The lowest BCUT2D eigenvalue weighted by atomic mass is 10.1. The second-order valence-electron chi connectivity index (χ2n) is 7.80. The van der Waals surface area contributed by atoms with Crippen LogP contribution in [0.25, 0.3) is 0 Å². The highest BCUT2D eigenvalue weighted by Gasteiger charge is 2.24. The summed E-state index contributed by atoms with van der Waals surface area (Å²) < 4.78 is 13.8. The molecule has 1 aromatic rings. The molecule has 0 saturated carbocycles. The van der Waals surface area contributed by atoms with Crippen LogP contribution in [0.4, 0.5) is 0 Å². The normalized spacial score (nSPS) is 21.5. The fourth-order valence-corrected chi connectivity index (χ4v) is 3.63. The average Bonchev–Trinajstić information content (AvgIpc) is 3.34. The number of hydrogen-bond donors (Lipinski definition) is 1. The SMILES string of the molecule is CCCCNC(=NCc1nnc(C)n1C)N1CCC(OCC2CCCO2)CC1. The maximum atomic E-state index is 6.11. The van der Waals surface area contributed by atoms with Crippen molar-refractivity contribution in [1.29, 1.82) is 0 Å². The van der Waals surface area contributed by atoms with E-state index in [0.717, 1.165) is 76.1 Å². The number of aliphatic imine (C=N–C) groups is 1. The Morgan fingerprint density at radius 3 is 2.75 bits per heavy atom. The van der Waals surface area contributed by atoms with Gasteiger partial charge in [-0.15, -0.1) is 10.2 Å². The van der Waals surface area contributed by atoms with Crippen LogP contribution >= 0.6 is 0 Å². The number of aryl methyl sites for hydroxylation is 1. The molecule has 2 saturated heterocycles. The maximum Gasteiger partial charge on any atom is 0.194 e. The van der Waals surface area contributed by atoms with E-state index >= 15 is 0 Å². The number of nitrogens with zero attached hydrogens (tertiary/aromatic N) is 5. The van der Waals surface area contributed by atoms with E-state index in [2.05, 4.69) is 27.3 Å². The monoisotopic (exact) mass is 392 g/mol. The van der Waals surface area contributed by atoms with Crippen molar-refractivity contribution in [3.05, 3.63) is 11.6 Å². The van der Waals surface area contributed by atoms with Gasteiger partial charge >= 0.3 is 0 Å². The molecule has 0 aliphatic carbocycles. The van der Waals surface area contributed by atoms with E-state index in [1.807, 2.05) is 18.5 Å². The van der Waals surface area contributed by atoms with E-state index in [0.29, 0.717) is 18.8 Å². The Labute approximate surface area is 168 Å². The van der Waals surface area contributed by atoms with Crippen LogP contribution in [0.3, 0.4) is 0 Å². The summed E-state index contributed by atoms with van der Waals surface area (Å²) in [7, 11) is 1.99. The molecule has 0 radical (unpaired) electrons. The van der Waals surface area contributed by atoms with E-state index in [1.54, 1.807) is 0 Å². The fourth-order valence-electron chi connectivity index (χ4n) is 3.63. The van der Waals surface area contributed by atoms with Crippen LogP contribution in [0.1, 0.15) is 57.1 Å². The number of unbranched alkanes of at least 4 members (excludes halogenated alkanes) is 1. The Hall–Kier alpha value is -1.67. The van der Waals surface area contributed by atoms with Gasteiger partial charge in [0.1, 0.15) is 12.4 Å². The molecule has 1 N–H and O–H groups in total. The van der Waals surface area contributed by atoms with Gasteiger partial charge in [-0.1, -0.05) is 13.3 Å². The van der Waals surface area contributed by atoms with Crippen LogP contribution < -0.4 is 5.32 Å². The average molecular weight is 393 g/mol. The highest BCUT2D eigenvalue weighted by atomic mass is 16.5. The predicted octanol–water partition coefficient (Wildman–Crippen LogP) is 2.03. The van der Waals surface area contributed by atoms with Gasteiger partial charge in [0, 0.05) is 33.3 Å². The Bertz CT molecular complexity index is 618. The minimum absolute atomic E-state index is 0.306. The fraction of sp³-hybridized carbons (Fsp3) is 0.850. The van der Waals surface area contributed by atoms with Gasteiger partial charge in [-0.3, -0.25) is 0 Å². The largest absolute Gasteiger partial charge is 0.376 e. The molecule has 3 rings (SSSR count). The molecule has 0 spiro atoms. The molecule has 0 bridgehead atoms. The first kappa shape index (κ1) is 21.0. The zero-order valence-corrected chi connectivity index (χ0v) is 17.7.